The topological polar surface area (TPSA) is 67.4 Å². The van der Waals surface area contributed by atoms with Gasteiger partial charge in [-0.3, -0.25) is 9.59 Å². The molecule has 21 heavy (non-hydrogen) atoms. The van der Waals surface area contributed by atoms with Crippen LogP contribution in [0.15, 0.2) is 24.3 Å². The van der Waals surface area contributed by atoms with Crippen LogP contribution in [0.3, 0.4) is 0 Å². The third kappa shape index (κ3) is 5.19. The molecule has 1 aromatic rings. The maximum absolute atomic E-state index is 12.0. The Morgan fingerprint density at radius 1 is 1.33 bits per heavy atom. The number of carbonyl (C=O) groups excluding carboxylic acids is 2. The predicted molar refractivity (Wildman–Crippen MR) is 81.2 cm³/mol. The van der Waals surface area contributed by atoms with E-state index in [1.54, 1.807) is 24.3 Å². The van der Waals surface area contributed by atoms with Crippen LogP contribution in [0.1, 0.15) is 36.5 Å². The van der Waals surface area contributed by atoms with Crippen LogP contribution in [-0.4, -0.2) is 31.6 Å². The quantitative estimate of drug-likeness (QED) is 0.721. The Balaban J connectivity index is 1.81. The fraction of sp³-hybridized carbons (Fsp3) is 0.500. The van der Waals surface area contributed by atoms with Crippen molar-refractivity contribution in [2.75, 3.05) is 25.1 Å². The number of hydrogen-bond donors (Lipinski definition) is 2. The van der Waals surface area contributed by atoms with Gasteiger partial charge in [-0.1, -0.05) is 6.07 Å². The fourth-order valence-electron chi connectivity index (χ4n) is 1.95. The molecule has 1 aliphatic rings. The molecule has 2 N–H and O–H groups in total. The summed E-state index contributed by atoms with van der Waals surface area (Å²) in [4.78, 5) is 23.7. The summed E-state index contributed by atoms with van der Waals surface area (Å²) in [5.41, 5.74) is 1.23. The summed E-state index contributed by atoms with van der Waals surface area (Å²) in [5, 5.41) is 5.69. The molecule has 2 amide bonds. The highest BCUT2D eigenvalue weighted by molar-refractivity contribution is 5.98. The van der Waals surface area contributed by atoms with E-state index >= 15 is 0 Å². The number of benzene rings is 1. The van der Waals surface area contributed by atoms with Crippen LogP contribution < -0.4 is 10.6 Å². The first-order valence-corrected chi connectivity index (χ1v) is 7.47. The average molecular weight is 290 g/mol. The van der Waals surface area contributed by atoms with Crippen LogP contribution in [0, 0.1) is 5.92 Å². The van der Waals surface area contributed by atoms with Gasteiger partial charge in [-0.2, -0.15) is 0 Å². The first kappa shape index (κ1) is 15.5. The molecule has 5 nitrogen and oxygen atoms in total. The number of amides is 2. The zero-order valence-corrected chi connectivity index (χ0v) is 12.4. The van der Waals surface area contributed by atoms with Gasteiger partial charge in [0.05, 0.1) is 0 Å². The zero-order valence-electron chi connectivity index (χ0n) is 12.4. The highest BCUT2D eigenvalue weighted by atomic mass is 16.5. The number of nitrogens with one attached hydrogen (secondary N) is 2. The molecule has 0 spiro atoms. The highest BCUT2D eigenvalue weighted by Gasteiger charge is 2.29. The van der Waals surface area contributed by atoms with E-state index in [-0.39, 0.29) is 17.7 Å². The third-order valence-electron chi connectivity index (χ3n) is 3.30. The van der Waals surface area contributed by atoms with E-state index in [9.17, 15) is 9.59 Å². The van der Waals surface area contributed by atoms with E-state index in [0.29, 0.717) is 31.0 Å². The van der Waals surface area contributed by atoms with Crippen molar-refractivity contribution in [3.63, 3.8) is 0 Å². The van der Waals surface area contributed by atoms with Crippen LogP contribution in [0.5, 0.6) is 0 Å². The number of rotatable bonds is 8. The van der Waals surface area contributed by atoms with Crippen molar-refractivity contribution >= 4 is 17.5 Å². The molecule has 1 aliphatic carbocycles. The van der Waals surface area contributed by atoms with Crippen molar-refractivity contribution in [3.05, 3.63) is 29.8 Å². The summed E-state index contributed by atoms with van der Waals surface area (Å²) >= 11 is 0. The summed E-state index contributed by atoms with van der Waals surface area (Å²) in [6.45, 7) is 3.86. The van der Waals surface area contributed by atoms with Crippen molar-refractivity contribution < 1.29 is 14.3 Å². The molecular weight excluding hydrogens is 268 g/mol. The monoisotopic (exact) mass is 290 g/mol. The zero-order chi connectivity index (χ0) is 15.1. The lowest BCUT2D eigenvalue weighted by molar-refractivity contribution is -0.117. The molecule has 0 aromatic heterocycles. The lowest BCUT2D eigenvalue weighted by atomic mass is 10.2. The van der Waals surface area contributed by atoms with Crippen LogP contribution in [0.2, 0.25) is 0 Å². The molecule has 1 aromatic carbocycles. The minimum atomic E-state index is -0.131. The second-order valence-electron chi connectivity index (χ2n) is 5.15. The SMILES string of the molecule is CCOCCCNC(=O)c1cccc(NC(=O)C2CC2)c1. The van der Waals surface area contributed by atoms with Crippen molar-refractivity contribution in [3.8, 4) is 0 Å². The van der Waals surface area contributed by atoms with Crippen LogP contribution in [0.4, 0.5) is 5.69 Å². The normalized spacial score (nSPS) is 13.8. The molecule has 0 saturated heterocycles. The minimum Gasteiger partial charge on any atom is -0.382 e. The van der Waals surface area contributed by atoms with Crippen molar-refractivity contribution in [2.45, 2.75) is 26.2 Å². The Morgan fingerprint density at radius 2 is 2.14 bits per heavy atom. The summed E-state index contributed by atoms with van der Waals surface area (Å²) in [6.07, 6.45) is 2.72. The Kier molecular flexibility index (Phi) is 5.75. The molecule has 0 unspecified atom stereocenters. The molecule has 0 bridgehead atoms. The Labute approximate surface area is 125 Å². The van der Waals surface area contributed by atoms with E-state index in [1.807, 2.05) is 6.92 Å². The summed E-state index contributed by atoms with van der Waals surface area (Å²) in [7, 11) is 0. The minimum absolute atomic E-state index is 0.0456. The molecular formula is C16H22N2O3. The Hall–Kier alpha value is -1.88. The fourth-order valence-corrected chi connectivity index (χ4v) is 1.95. The van der Waals surface area contributed by atoms with E-state index in [2.05, 4.69) is 10.6 Å². The van der Waals surface area contributed by atoms with Crippen molar-refractivity contribution in [1.82, 2.24) is 5.32 Å². The third-order valence-corrected chi connectivity index (χ3v) is 3.30. The van der Waals surface area contributed by atoms with Gasteiger partial charge in [-0.05, 0) is 44.4 Å². The Bertz CT molecular complexity index is 498. The lowest BCUT2D eigenvalue weighted by Crippen LogP contribution is -2.25. The van der Waals surface area contributed by atoms with Crippen LogP contribution >= 0.6 is 0 Å². The van der Waals surface area contributed by atoms with Gasteiger partial charge in [0.15, 0.2) is 0 Å². The number of carbonyl (C=O) groups is 2. The predicted octanol–water partition coefficient (Wildman–Crippen LogP) is 2.19. The standard InChI is InChI=1S/C16H22N2O3/c1-2-21-10-4-9-17-15(19)13-5-3-6-14(11-13)18-16(20)12-7-8-12/h3,5-6,11-12H,2,4,7-10H2,1H3,(H,17,19)(H,18,20). The first-order chi connectivity index (χ1) is 10.2. The van der Waals surface area contributed by atoms with E-state index in [4.69, 9.17) is 4.74 Å². The number of ether oxygens (including phenoxy) is 1. The lowest BCUT2D eigenvalue weighted by Gasteiger charge is -2.08. The molecule has 1 saturated carbocycles. The van der Waals surface area contributed by atoms with Crippen molar-refractivity contribution in [2.24, 2.45) is 5.92 Å². The van der Waals surface area contributed by atoms with Gasteiger partial charge in [0.1, 0.15) is 0 Å². The Morgan fingerprint density at radius 3 is 2.86 bits per heavy atom. The summed E-state index contributed by atoms with van der Waals surface area (Å²) in [6, 6.07) is 7.02. The molecule has 1 fully saturated rings. The summed E-state index contributed by atoms with van der Waals surface area (Å²) in [5.74, 6) is 0.0688. The molecule has 5 heteroatoms. The molecule has 0 heterocycles. The first-order valence-electron chi connectivity index (χ1n) is 7.47. The van der Waals surface area contributed by atoms with Gasteiger partial charge >= 0.3 is 0 Å². The van der Waals surface area contributed by atoms with Gasteiger partial charge < -0.3 is 15.4 Å². The smallest absolute Gasteiger partial charge is 0.251 e. The number of hydrogen-bond acceptors (Lipinski definition) is 3. The molecule has 114 valence electrons. The molecule has 0 atom stereocenters. The van der Waals surface area contributed by atoms with Gasteiger partial charge in [0.2, 0.25) is 5.91 Å². The van der Waals surface area contributed by atoms with E-state index in [1.165, 1.54) is 0 Å². The maximum Gasteiger partial charge on any atom is 0.251 e. The van der Waals surface area contributed by atoms with Gasteiger partial charge in [0.25, 0.3) is 5.91 Å². The van der Waals surface area contributed by atoms with Crippen molar-refractivity contribution in [1.29, 1.82) is 0 Å². The van der Waals surface area contributed by atoms with E-state index < -0.39 is 0 Å². The number of anilines is 1. The van der Waals surface area contributed by atoms with Crippen LogP contribution in [0.25, 0.3) is 0 Å². The van der Waals surface area contributed by atoms with Gasteiger partial charge in [-0.25, -0.2) is 0 Å². The molecule has 2 rings (SSSR count). The van der Waals surface area contributed by atoms with Gasteiger partial charge in [0, 0.05) is 36.9 Å². The largest absolute Gasteiger partial charge is 0.382 e. The van der Waals surface area contributed by atoms with Crippen LogP contribution in [-0.2, 0) is 9.53 Å². The molecule has 0 aliphatic heterocycles. The van der Waals surface area contributed by atoms with E-state index in [0.717, 1.165) is 19.3 Å². The van der Waals surface area contributed by atoms with Gasteiger partial charge in [-0.15, -0.1) is 0 Å². The average Bonchev–Trinajstić information content (AvgIpc) is 3.32. The highest BCUT2D eigenvalue weighted by Crippen LogP contribution is 2.30. The summed E-state index contributed by atoms with van der Waals surface area (Å²) < 4.78 is 5.21. The second kappa shape index (κ2) is 7.78. The molecule has 0 radical (unpaired) electrons. The second-order valence-corrected chi connectivity index (χ2v) is 5.15. The maximum atomic E-state index is 12.0.